The first kappa shape index (κ1) is 12.3. The number of nitro groups is 1. The first-order valence-corrected chi connectivity index (χ1v) is 5.37. The van der Waals surface area contributed by atoms with Crippen LogP contribution in [-0.4, -0.2) is 14.9 Å². The van der Waals surface area contributed by atoms with Gasteiger partial charge in [-0.15, -0.1) is 0 Å². The summed E-state index contributed by atoms with van der Waals surface area (Å²) in [5.41, 5.74) is -0.0803. The Morgan fingerprint density at radius 2 is 2.06 bits per heavy atom. The molecule has 0 aliphatic rings. The van der Waals surface area contributed by atoms with Crippen molar-refractivity contribution < 1.29 is 9.66 Å². The molecule has 2 rings (SSSR count). The van der Waals surface area contributed by atoms with Gasteiger partial charge in [0.25, 0.3) is 5.69 Å². The molecule has 0 atom stereocenters. The number of non-ortho nitro benzene ring substituents is 1. The molecule has 18 heavy (non-hydrogen) atoms. The van der Waals surface area contributed by atoms with Crippen LogP contribution in [0.1, 0.15) is 5.82 Å². The number of nitro benzene ring substituents is 1. The van der Waals surface area contributed by atoms with Crippen molar-refractivity contribution in [2.24, 2.45) is 0 Å². The summed E-state index contributed by atoms with van der Waals surface area (Å²) >= 11 is 5.87. The highest BCUT2D eigenvalue weighted by atomic mass is 35.5. The summed E-state index contributed by atoms with van der Waals surface area (Å²) in [5, 5.41) is 10.7. The maximum absolute atomic E-state index is 10.5. The molecule has 0 radical (unpaired) electrons. The second-order valence-corrected chi connectivity index (χ2v) is 3.73. The van der Waals surface area contributed by atoms with Crippen LogP contribution in [-0.2, 0) is 6.61 Å². The van der Waals surface area contributed by atoms with Crippen LogP contribution in [0.3, 0.4) is 0 Å². The van der Waals surface area contributed by atoms with E-state index in [2.05, 4.69) is 9.97 Å². The number of benzene rings is 1. The van der Waals surface area contributed by atoms with E-state index in [1.807, 2.05) is 0 Å². The van der Waals surface area contributed by atoms with Gasteiger partial charge in [-0.3, -0.25) is 10.1 Å². The second-order valence-electron chi connectivity index (χ2n) is 3.33. The van der Waals surface area contributed by atoms with Crippen LogP contribution in [0.4, 0.5) is 5.69 Å². The lowest BCUT2D eigenvalue weighted by Gasteiger charge is -2.06. The fourth-order valence-electron chi connectivity index (χ4n) is 1.27. The van der Waals surface area contributed by atoms with Gasteiger partial charge in [-0.25, -0.2) is 9.97 Å². The van der Waals surface area contributed by atoms with Crippen molar-refractivity contribution in [2.45, 2.75) is 6.61 Å². The van der Waals surface area contributed by atoms with E-state index in [0.717, 1.165) is 0 Å². The van der Waals surface area contributed by atoms with Gasteiger partial charge in [-0.2, -0.15) is 0 Å². The first-order chi connectivity index (χ1) is 8.66. The molecule has 1 heterocycles. The summed E-state index contributed by atoms with van der Waals surface area (Å²) in [6.45, 7) is 0.151. The zero-order chi connectivity index (χ0) is 13.0. The van der Waals surface area contributed by atoms with Gasteiger partial charge < -0.3 is 4.74 Å². The Hall–Kier alpha value is -2.21. The summed E-state index contributed by atoms with van der Waals surface area (Å²) in [5.74, 6) is 0.863. The smallest absolute Gasteiger partial charge is 0.271 e. The average molecular weight is 266 g/mol. The summed E-state index contributed by atoms with van der Waals surface area (Å²) in [7, 11) is 0. The Bertz CT molecular complexity index is 563. The number of ether oxygens (including phenoxy) is 1. The minimum absolute atomic E-state index is 0.0803. The van der Waals surface area contributed by atoms with Gasteiger partial charge in [0, 0.05) is 24.5 Å². The lowest BCUT2D eigenvalue weighted by Crippen LogP contribution is -2.00. The van der Waals surface area contributed by atoms with Gasteiger partial charge in [0.05, 0.1) is 9.95 Å². The first-order valence-electron chi connectivity index (χ1n) is 4.99. The van der Waals surface area contributed by atoms with Crippen LogP contribution in [0, 0.1) is 10.1 Å². The molecule has 0 saturated carbocycles. The summed E-state index contributed by atoms with van der Waals surface area (Å²) in [4.78, 5) is 18.0. The normalized spacial score (nSPS) is 10.1. The summed E-state index contributed by atoms with van der Waals surface area (Å²) < 4.78 is 5.38. The van der Waals surface area contributed by atoms with E-state index >= 15 is 0 Å². The van der Waals surface area contributed by atoms with E-state index < -0.39 is 4.92 Å². The Balaban J connectivity index is 2.08. The lowest BCUT2D eigenvalue weighted by atomic mass is 10.3. The van der Waals surface area contributed by atoms with Crippen LogP contribution in [0.2, 0.25) is 5.02 Å². The molecule has 0 aliphatic heterocycles. The van der Waals surface area contributed by atoms with Crippen LogP contribution in [0.25, 0.3) is 0 Å². The number of rotatable bonds is 4. The van der Waals surface area contributed by atoms with Gasteiger partial charge in [0.2, 0.25) is 0 Å². The van der Waals surface area contributed by atoms with E-state index in [-0.39, 0.29) is 17.3 Å². The number of aromatic nitrogens is 2. The molecule has 7 heteroatoms. The standard InChI is InChI=1S/C11H8ClN3O3/c12-9-6-8(15(16)17)2-3-10(9)18-7-11-13-4-1-5-14-11/h1-6H,7H2. The van der Waals surface area contributed by atoms with E-state index in [4.69, 9.17) is 16.3 Å². The van der Waals surface area contributed by atoms with Crippen LogP contribution in [0.5, 0.6) is 5.75 Å². The molecule has 6 nitrogen and oxygen atoms in total. The quantitative estimate of drug-likeness (QED) is 0.627. The topological polar surface area (TPSA) is 78.2 Å². The van der Waals surface area contributed by atoms with Crippen LogP contribution in [0.15, 0.2) is 36.7 Å². The largest absolute Gasteiger partial charge is 0.484 e. The highest BCUT2D eigenvalue weighted by Gasteiger charge is 2.10. The maximum atomic E-state index is 10.5. The summed E-state index contributed by atoms with van der Waals surface area (Å²) in [6, 6.07) is 5.71. The number of halogens is 1. The van der Waals surface area contributed by atoms with E-state index in [1.54, 1.807) is 18.5 Å². The zero-order valence-electron chi connectivity index (χ0n) is 9.12. The maximum Gasteiger partial charge on any atom is 0.271 e. The molecule has 0 aliphatic carbocycles. The lowest BCUT2D eigenvalue weighted by molar-refractivity contribution is -0.384. The van der Waals surface area contributed by atoms with E-state index in [0.29, 0.717) is 11.6 Å². The van der Waals surface area contributed by atoms with Gasteiger partial charge in [-0.05, 0) is 12.1 Å². The number of hydrogen-bond donors (Lipinski definition) is 0. The predicted octanol–water partition coefficient (Wildman–Crippen LogP) is 2.62. The van der Waals surface area contributed by atoms with Crippen LogP contribution < -0.4 is 4.74 Å². The molecular formula is C11H8ClN3O3. The Morgan fingerprint density at radius 3 is 2.67 bits per heavy atom. The monoisotopic (exact) mass is 265 g/mol. The molecule has 0 N–H and O–H groups in total. The van der Waals surface area contributed by atoms with Gasteiger partial charge in [-0.1, -0.05) is 11.6 Å². The fourth-order valence-corrected chi connectivity index (χ4v) is 1.50. The minimum atomic E-state index is -0.518. The zero-order valence-corrected chi connectivity index (χ0v) is 9.87. The Labute approximate surface area is 107 Å². The molecular weight excluding hydrogens is 258 g/mol. The SMILES string of the molecule is O=[N+]([O-])c1ccc(OCc2ncccn2)c(Cl)c1. The number of hydrogen-bond acceptors (Lipinski definition) is 5. The third-order valence-corrected chi connectivity index (χ3v) is 2.40. The van der Waals surface area contributed by atoms with E-state index in [9.17, 15) is 10.1 Å². The number of nitrogens with zero attached hydrogens (tertiary/aromatic N) is 3. The van der Waals surface area contributed by atoms with Crippen LogP contribution >= 0.6 is 11.6 Å². The highest BCUT2D eigenvalue weighted by Crippen LogP contribution is 2.28. The molecule has 1 aromatic carbocycles. The molecule has 0 unspecified atom stereocenters. The van der Waals surface area contributed by atoms with Crippen molar-refractivity contribution in [3.63, 3.8) is 0 Å². The van der Waals surface area contributed by atoms with E-state index in [1.165, 1.54) is 18.2 Å². The van der Waals surface area contributed by atoms with Gasteiger partial charge in [0.1, 0.15) is 12.4 Å². The summed E-state index contributed by atoms with van der Waals surface area (Å²) in [6.07, 6.45) is 3.20. The molecule has 0 spiro atoms. The third kappa shape index (κ3) is 2.92. The predicted molar refractivity (Wildman–Crippen MR) is 64.5 cm³/mol. The fraction of sp³-hybridized carbons (Fsp3) is 0.0909. The molecule has 2 aromatic rings. The Kier molecular flexibility index (Phi) is 3.69. The highest BCUT2D eigenvalue weighted by molar-refractivity contribution is 6.32. The third-order valence-electron chi connectivity index (χ3n) is 2.10. The van der Waals surface area contributed by atoms with Crippen molar-refractivity contribution in [1.82, 2.24) is 9.97 Å². The van der Waals surface area contributed by atoms with Crippen molar-refractivity contribution in [3.05, 3.63) is 57.6 Å². The Morgan fingerprint density at radius 1 is 1.33 bits per heavy atom. The minimum Gasteiger partial charge on any atom is -0.484 e. The average Bonchev–Trinajstić information content (AvgIpc) is 2.38. The molecule has 0 amide bonds. The molecule has 92 valence electrons. The van der Waals surface area contributed by atoms with Crippen molar-refractivity contribution >= 4 is 17.3 Å². The molecule has 0 saturated heterocycles. The second kappa shape index (κ2) is 5.42. The van der Waals surface area contributed by atoms with Gasteiger partial charge in [0.15, 0.2) is 5.82 Å². The molecule has 0 fully saturated rings. The van der Waals surface area contributed by atoms with Crippen molar-refractivity contribution in [1.29, 1.82) is 0 Å². The van der Waals surface area contributed by atoms with Crippen molar-refractivity contribution in [2.75, 3.05) is 0 Å². The van der Waals surface area contributed by atoms with Crippen molar-refractivity contribution in [3.8, 4) is 5.75 Å². The van der Waals surface area contributed by atoms with Gasteiger partial charge >= 0.3 is 0 Å². The molecule has 1 aromatic heterocycles. The molecule has 0 bridgehead atoms.